The maximum absolute atomic E-state index is 12.9. The van der Waals surface area contributed by atoms with Crippen LogP contribution in [-0.4, -0.2) is 53.4 Å². The van der Waals surface area contributed by atoms with Gasteiger partial charge in [-0.15, -0.1) is 11.3 Å². The number of benzene rings is 1. The molecule has 0 N–H and O–H groups in total. The van der Waals surface area contributed by atoms with E-state index >= 15 is 0 Å². The van der Waals surface area contributed by atoms with Crippen LogP contribution in [0.4, 0.5) is 0 Å². The van der Waals surface area contributed by atoms with Crippen LogP contribution in [0.1, 0.15) is 36.1 Å². The van der Waals surface area contributed by atoms with Crippen molar-refractivity contribution in [2.45, 2.75) is 27.7 Å². The minimum Gasteiger partial charge on any atom is -0.335 e. The maximum atomic E-state index is 12.9. The van der Waals surface area contributed by atoms with Crippen LogP contribution < -0.4 is 0 Å². The van der Waals surface area contributed by atoms with E-state index in [9.17, 15) is 4.79 Å². The van der Waals surface area contributed by atoms with Gasteiger partial charge in [0, 0.05) is 38.3 Å². The first-order valence-electron chi connectivity index (χ1n) is 8.88. The normalized spacial score (nSPS) is 16.2. The van der Waals surface area contributed by atoms with Gasteiger partial charge in [0.1, 0.15) is 9.88 Å². The van der Waals surface area contributed by atoms with Crippen LogP contribution in [0.5, 0.6) is 0 Å². The number of hydrogen-bond acceptors (Lipinski definition) is 4. The second kappa shape index (κ2) is 7.26. The number of hydrogen-bond donors (Lipinski definition) is 0. The van der Waals surface area contributed by atoms with E-state index in [0.29, 0.717) is 5.41 Å². The van der Waals surface area contributed by atoms with Gasteiger partial charge >= 0.3 is 0 Å². The summed E-state index contributed by atoms with van der Waals surface area (Å²) in [6.45, 7) is 13.3. The molecule has 5 heteroatoms. The van der Waals surface area contributed by atoms with Gasteiger partial charge in [0.15, 0.2) is 0 Å². The van der Waals surface area contributed by atoms with Gasteiger partial charge in [0.25, 0.3) is 5.91 Å². The molecule has 1 aromatic carbocycles. The molecule has 0 spiro atoms. The molecule has 0 unspecified atom stereocenters. The zero-order valence-electron chi connectivity index (χ0n) is 15.6. The van der Waals surface area contributed by atoms with E-state index in [1.54, 1.807) is 0 Å². The lowest BCUT2D eigenvalue weighted by molar-refractivity contribution is 0.0595. The van der Waals surface area contributed by atoms with Crippen molar-refractivity contribution in [1.82, 2.24) is 14.8 Å². The molecule has 2 heterocycles. The van der Waals surface area contributed by atoms with E-state index in [1.165, 1.54) is 11.3 Å². The van der Waals surface area contributed by atoms with E-state index < -0.39 is 0 Å². The first-order valence-corrected chi connectivity index (χ1v) is 9.70. The molecule has 1 fully saturated rings. The molecule has 0 bridgehead atoms. The highest BCUT2D eigenvalue weighted by atomic mass is 32.1. The highest BCUT2D eigenvalue weighted by Crippen LogP contribution is 2.29. The fraction of sp³-hybridized carbons (Fsp3) is 0.500. The lowest BCUT2D eigenvalue weighted by atomic mass is 9.96. The van der Waals surface area contributed by atoms with Gasteiger partial charge in [-0.3, -0.25) is 9.69 Å². The molecule has 25 heavy (non-hydrogen) atoms. The summed E-state index contributed by atoms with van der Waals surface area (Å²) in [5.41, 5.74) is 2.21. The quantitative estimate of drug-likeness (QED) is 0.835. The average Bonchev–Trinajstić information content (AvgIpc) is 2.96. The number of carbonyl (C=O) groups is 1. The molecule has 3 rings (SSSR count). The van der Waals surface area contributed by atoms with Gasteiger partial charge < -0.3 is 4.90 Å². The summed E-state index contributed by atoms with van der Waals surface area (Å²) < 4.78 is 0. The molecule has 1 aliphatic rings. The Balaban J connectivity index is 1.67. The van der Waals surface area contributed by atoms with Gasteiger partial charge in [0.05, 0.1) is 5.69 Å². The summed E-state index contributed by atoms with van der Waals surface area (Å²) in [5.74, 6) is 0.132. The summed E-state index contributed by atoms with van der Waals surface area (Å²) in [5, 5.41) is 0.924. The molecular weight excluding hydrogens is 330 g/mol. The molecule has 1 amide bonds. The highest BCUT2D eigenvalue weighted by molar-refractivity contribution is 7.17. The zero-order valence-corrected chi connectivity index (χ0v) is 16.4. The van der Waals surface area contributed by atoms with Gasteiger partial charge in [-0.25, -0.2) is 4.98 Å². The van der Waals surface area contributed by atoms with Crippen molar-refractivity contribution in [3.8, 4) is 10.6 Å². The second-order valence-electron chi connectivity index (χ2n) is 7.93. The van der Waals surface area contributed by atoms with Gasteiger partial charge in [-0.1, -0.05) is 51.1 Å². The largest absolute Gasteiger partial charge is 0.335 e. The number of aryl methyl sites for hydroxylation is 1. The summed E-state index contributed by atoms with van der Waals surface area (Å²) in [6, 6.07) is 10.1. The Morgan fingerprint density at radius 2 is 1.76 bits per heavy atom. The Labute approximate surface area is 154 Å². The molecule has 1 aliphatic heterocycles. The molecule has 0 aliphatic carbocycles. The number of piperazine rings is 1. The van der Waals surface area contributed by atoms with Crippen LogP contribution in [0.3, 0.4) is 0 Å². The van der Waals surface area contributed by atoms with Crippen molar-refractivity contribution in [3.05, 3.63) is 40.9 Å². The lowest BCUT2D eigenvalue weighted by Crippen LogP contribution is -2.50. The third-order valence-corrected chi connectivity index (χ3v) is 5.56. The Bertz CT molecular complexity index is 725. The lowest BCUT2D eigenvalue weighted by Gasteiger charge is -2.37. The summed E-state index contributed by atoms with van der Waals surface area (Å²) in [4.78, 5) is 22.8. The fourth-order valence-corrected chi connectivity index (χ4v) is 4.26. The first kappa shape index (κ1) is 18.1. The van der Waals surface area contributed by atoms with E-state index in [2.05, 4.69) is 30.7 Å². The minimum absolute atomic E-state index is 0.132. The molecule has 1 saturated heterocycles. The summed E-state index contributed by atoms with van der Waals surface area (Å²) in [7, 11) is 0. The highest BCUT2D eigenvalue weighted by Gasteiger charge is 2.27. The number of carbonyl (C=O) groups excluding carboxylic acids is 1. The van der Waals surface area contributed by atoms with Crippen molar-refractivity contribution < 1.29 is 4.79 Å². The van der Waals surface area contributed by atoms with Crippen molar-refractivity contribution in [1.29, 1.82) is 0 Å². The van der Waals surface area contributed by atoms with Crippen molar-refractivity contribution in [2.24, 2.45) is 5.41 Å². The number of thiazole rings is 1. The van der Waals surface area contributed by atoms with Crippen LogP contribution in [0.25, 0.3) is 10.6 Å². The van der Waals surface area contributed by atoms with Crippen LogP contribution in [0, 0.1) is 12.3 Å². The Kier molecular flexibility index (Phi) is 5.25. The van der Waals surface area contributed by atoms with Crippen molar-refractivity contribution in [2.75, 3.05) is 32.7 Å². The van der Waals surface area contributed by atoms with E-state index in [4.69, 9.17) is 0 Å². The number of amides is 1. The molecule has 0 radical (unpaired) electrons. The molecule has 0 saturated carbocycles. The van der Waals surface area contributed by atoms with Crippen molar-refractivity contribution >= 4 is 17.2 Å². The van der Waals surface area contributed by atoms with Gasteiger partial charge in [0.2, 0.25) is 0 Å². The average molecular weight is 358 g/mol. The van der Waals surface area contributed by atoms with Gasteiger partial charge in [-0.2, -0.15) is 0 Å². The molecule has 2 aromatic rings. The zero-order chi connectivity index (χ0) is 18.0. The standard InChI is InChI=1S/C20H27N3OS/c1-15-17(25-18(21-15)16-8-6-5-7-9-16)19(24)23-12-10-22(11-13-23)14-20(2,3)4/h5-9H,10-14H2,1-4H3. The summed E-state index contributed by atoms with van der Waals surface area (Å²) >= 11 is 1.51. The summed E-state index contributed by atoms with van der Waals surface area (Å²) in [6.07, 6.45) is 0. The number of nitrogens with zero attached hydrogens (tertiary/aromatic N) is 3. The van der Waals surface area contributed by atoms with E-state index in [-0.39, 0.29) is 5.91 Å². The minimum atomic E-state index is 0.132. The number of rotatable bonds is 3. The number of aromatic nitrogens is 1. The molecular formula is C20H27N3OS. The Hall–Kier alpha value is -1.72. The predicted molar refractivity (Wildman–Crippen MR) is 104 cm³/mol. The topological polar surface area (TPSA) is 36.4 Å². The van der Waals surface area contributed by atoms with Crippen LogP contribution >= 0.6 is 11.3 Å². The monoisotopic (exact) mass is 357 g/mol. The first-order chi connectivity index (χ1) is 11.8. The van der Waals surface area contributed by atoms with Crippen LogP contribution in [0.2, 0.25) is 0 Å². The third-order valence-electron chi connectivity index (χ3n) is 4.37. The Morgan fingerprint density at radius 1 is 1.12 bits per heavy atom. The SMILES string of the molecule is Cc1nc(-c2ccccc2)sc1C(=O)N1CCN(CC(C)(C)C)CC1. The molecule has 1 aromatic heterocycles. The predicted octanol–water partition coefficient (Wildman–Crippen LogP) is 3.92. The maximum Gasteiger partial charge on any atom is 0.265 e. The molecule has 134 valence electrons. The van der Waals surface area contributed by atoms with Crippen molar-refractivity contribution in [3.63, 3.8) is 0 Å². The third kappa shape index (κ3) is 4.47. The molecule has 0 atom stereocenters. The molecule has 4 nitrogen and oxygen atoms in total. The van der Waals surface area contributed by atoms with Gasteiger partial charge in [-0.05, 0) is 12.3 Å². The van der Waals surface area contributed by atoms with E-state index in [0.717, 1.165) is 53.9 Å². The Morgan fingerprint density at radius 3 is 2.36 bits per heavy atom. The van der Waals surface area contributed by atoms with E-state index in [1.807, 2.05) is 42.2 Å². The fourth-order valence-electron chi connectivity index (χ4n) is 3.22. The van der Waals surface area contributed by atoms with Crippen LogP contribution in [-0.2, 0) is 0 Å². The smallest absolute Gasteiger partial charge is 0.265 e. The van der Waals surface area contributed by atoms with Crippen LogP contribution in [0.15, 0.2) is 30.3 Å². The second-order valence-corrected chi connectivity index (χ2v) is 8.93.